The molecule has 0 radical (unpaired) electrons. The molecule has 0 N–H and O–H groups in total. The van der Waals surface area contributed by atoms with Crippen molar-refractivity contribution >= 4 is 22.9 Å². The second-order valence-corrected chi connectivity index (χ2v) is 6.03. The van der Waals surface area contributed by atoms with Crippen LogP contribution in [-0.4, -0.2) is 25.4 Å². The van der Waals surface area contributed by atoms with E-state index in [1.54, 1.807) is 22.0 Å². The van der Waals surface area contributed by atoms with Crippen LogP contribution in [0.15, 0.2) is 23.7 Å². The molecule has 1 aliphatic carbocycles. The fourth-order valence-electron chi connectivity index (χ4n) is 2.71. The molecule has 0 spiro atoms. The molecule has 0 unspecified atom stereocenters. The van der Waals surface area contributed by atoms with Gasteiger partial charge in [0.25, 0.3) is 5.78 Å². The second-order valence-electron chi connectivity index (χ2n) is 5.05. The quantitative estimate of drug-likeness (QED) is 0.688. The molecule has 0 fully saturated rings. The summed E-state index contributed by atoms with van der Waals surface area (Å²) in [5.41, 5.74) is 1.54. The lowest BCUT2D eigenvalue weighted by Crippen LogP contribution is -2.20. The zero-order valence-electron chi connectivity index (χ0n) is 10.9. The molecule has 4 rings (SSSR count). The van der Waals surface area contributed by atoms with Crippen LogP contribution >= 0.6 is 11.3 Å². The maximum absolute atomic E-state index is 12.3. The number of aryl methyl sites for hydroxylation is 1. The molecule has 0 saturated carbocycles. The minimum Gasteiger partial charge on any atom is -0.294 e. The SMILES string of the molecule is Cc1nc2nc3c(cn2n1)C(=O)C[C@@H](c1cccs1)C3. The molecule has 0 aliphatic heterocycles. The normalized spacial score (nSPS) is 18.4. The van der Waals surface area contributed by atoms with Gasteiger partial charge in [-0.25, -0.2) is 9.50 Å². The number of ketones is 1. The Kier molecular flexibility index (Phi) is 2.47. The van der Waals surface area contributed by atoms with Gasteiger partial charge >= 0.3 is 0 Å². The van der Waals surface area contributed by atoms with Gasteiger partial charge in [0.1, 0.15) is 5.82 Å². The van der Waals surface area contributed by atoms with E-state index in [2.05, 4.69) is 21.1 Å². The Morgan fingerprint density at radius 1 is 1.35 bits per heavy atom. The van der Waals surface area contributed by atoms with E-state index in [0.717, 1.165) is 12.1 Å². The third-order valence-electron chi connectivity index (χ3n) is 3.63. The Morgan fingerprint density at radius 3 is 3.05 bits per heavy atom. The summed E-state index contributed by atoms with van der Waals surface area (Å²) in [6.07, 6.45) is 3.11. The summed E-state index contributed by atoms with van der Waals surface area (Å²) in [5.74, 6) is 1.63. The number of carbonyl (C=O) groups is 1. The predicted octanol–water partition coefficient (Wildman–Crippen LogP) is 2.41. The Balaban J connectivity index is 1.82. The van der Waals surface area contributed by atoms with Crippen molar-refractivity contribution in [1.29, 1.82) is 0 Å². The summed E-state index contributed by atoms with van der Waals surface area (Å²) in [5, 5.41) is 6.27. The van der Waals surface area contributed by atoms with Crippen molar-refractivity contribution in [2.24, 2.45) is 0 Å². The van der Waals surface area contributed by atoms with Crippen molar-refractivity contribution in [2.45, 2.75) is 25.7 Å². The molecular formula is C14H12N4OS. The van der Waals surface area contributed by atoms with Crippen LogP contribution in [0.4, 0.5) is 0 Å². The average molecular weight is 284 g/mol. The molecule has 100 valence electrons. The maximum Gasteiger partial charge on any atom is 0.252 e. The first-order valence-corrected chi connectivity index (χ1v) is 7.38. The van der Waals surface area contributed by atoms with E-state index in [4.69, 9.17) is 0 Å². The maximum atomic E-state index is 12.3. The van der Waals surface area contributed by atoms with Gasteiger partial charge < -0.3 is 0 Å². The van der Waals surface area contributed by atoms with Gasteiger partial charge in [-0.1, -0.05) is 6.07 Å². The summed E-state index contributed by atoms with van der Waals surface area (Å²) in [6.45, 7) is 1.82. The molecule has 1 atom stereocenters. The Morgan fingerprint density at radius 2 is 2.25 bits per heavy atom. The number of hydrogen-bond acceptors (Lipinski definition) is 5. The summed E-state index contributed by atoms with van der Waals surface area (Å²) < 4.78 is 1.59. The molecule has 0 bridgehead atoms. The fraction of sp³-hybridized carbons (Fsp3) is 0.286. The first kappa shape index (κ1) is 11.7. The monoisotopic (exact) mass is 284 g/mol. The molecule has 5 nitrogen and oxygen atoms in total. The lowest BCUT2D eigenvalue weighted by molar-refractivity contribution is 0.0963. The van der Waals surface area contributed by atoms with E-state index >= 15 is 0 Å². The second kappa shape index (κ2) is 4.21. The van der Waals surface area contributed by atoms with Crippen molar-refractivity contribution in [3.8, 4) is 0 Å². The Bertz CT molecular complexity index is 806. The van der Waals surface area contributed by atoms with Gasteiger partial charge in [-0.3, -0.25) is 4.79 Å². The van der Waals surface area contributed by atoms with Gasteiger partial charge in [0.2, 0.25) is 0 Å². The first-order valence-electron chi connectivity index (χ1n) is 6.50. The molecule has 0 amide bonds. The van der Waals surface area contributed by atoms with Crippen molar-refractivity contribution in [2.75, 3.05) is 0 Å². The predicted molar refractivity (Wildman–Crippen MR) is 75.2 cm³/mol. The van der Waals surface area contributed by atoms with Crippen molar-refractivity contribution in [3.05, 3.63) is 45.7 Å². The van der Waals surface area contributed by atoms with Gasteiger partial charge in [0, 0.05) is 23.4 Å². The van der Waals surface area contributed by atoms with Gasteiger partial charge in [-0.2, -0.15) is 10.1 Å². The Hall–Kier alpha value is -2.08. The lowest BCUT2D eigenvalue weighted by Gasteiger charge is -2.21. The summed E-state index contributed by atoms with van der Waals surface area (Å²) in [6, 6.07) is 4.12. The molecule has 0 saturated heterocycles. The highest BCUT2D eigenvalue weighted by Crippen LogP contribution is 2.34. The molecule has 3 aromatic rings. The van der Waals surface area contributed by atoms with Gasteiger partial charge in [0.15, 0.2) is 5.78 Å². The average Bonchev–Trinajstić information content (AvgIpc) is 3.04. The Labute approximate surface area is 119 Å². The zero-order valence-corrected chi connectivity index (χ0v) is 11.7. The van der Waals surface area contributed by atoms with Gasteiger partial charge in [0.05, 0.1) is 11.3 Å². The van der Waals surface area contributed by atoms with E-state index < -0.39 is 0 Å². The van der Waals surface area contributed by atoms with Crippen LogP contribution in [0.3, 0.4) is 0 Å². The van der Waals surface area contributed by atoms with Crippen molar-refractivity contribution < 1.29 is 4.79 Å². The number of Topliss-reactive ketones (excluding diaryl/α,β-unsaturated/α-hetero) is 1. The van der Waals surface area contributed by atoms with E-state index in [1.807, 2.05) is 18.4 Å². The molecule has 3 aromatic heterocycles. The molecule has 20 heavy (non-hydrogen) atoms. The van der Waals surface area contributed by atoms with Crippen LogP contribution < -0.4 is 0 Å². The van der Waals surface area contributed by atoms with Gasteiger partial charge in [-0.15, -0.1) is 11.3 Å². The highest BCUT2D eigenvalue weighted by Gasteiger charge is 2.28. The third-order valence-corrected chi connectivity index (χ3v) is 4.67. The summed E-state index contributed by atoms with van der Waals surface area (Å²) in [7, 11) is 0. The van der Waals surface area contributed by atoms with Crippen LogP contribution in [-0.2, 0) is 6.42 Å². The van der Waals surface area contributed by atoms with Crippen LogP contribution in [0.25, 0.3) is 5.78 Å². The highest BCUT2D eigenvalue weighted by molar-refractivity contribution is 7.10. The fourth-order valence-corrected chi connectivity index (χ4v) is 3.54. The zero-order chi connectivity index (χ0) is 13.7. The number of hydrogen-bond donors (Lipinski definition) is 0. The molecule has 0 aromatic carbocycles. The number of nitrogens with zero attached hydrogens (tertiary/aromatic N) is 4. The van der Waals surface area contributed by atoms with E-state index in [9.17, 15) is 4.79 Å². The van der Waals surface area contributed by atoms with Crippen LogP contribution in [0.5, 0.6) is 0 Å². The number of aromatic nitrogens is 4. The van der Waals surface area contributed by atoms with E-state index in [0.29, 0.717) is 23.6 Å². The van der Waals surface area contributed by atoms with Crippen LogP contribution in [0, 0.1) is 6.92 Å². The minimum atomic E-state index is 0.146. The number of thiophene rings is 1. The van der Waals surface area contributed by atoms with Crippen molar-refractivity contribution in [3.63, 3.8) is 0 Å². The smallest absolute Gasteiger partial charge is 0.252 e. The molecule has 6 heteroatoms. The third kappa shape index (κ3) is 1.76. The van der Waals surface area contributed by atoms with Crippen LogP contribution in [0.1, 0.15) is 39.1 Å². The highest BCUT2D eigenvalue weighted by atomic mass is 32.1. The summed E-state index contributed by atoms with van der Waals surface area (Å²) >= 11 is 1.70. The largest absolute Gasteiger partial charge is 0.294 e. The van der Waals surface area contributed by atoms with E-state index in [1.165, 1.54) is 4.88 Å². The first-order chi connectivity index (χ1) is 9.70. The summed E-state index contributed by atoms with van der Waals surface area (Å²) in [4.78, 5) is 22.4. The standard InChI is InChI=1S/C14H12N4OS/c1-8-15-14-16-11-5-9(13-3-2-4-20-13)6-12(19)10(11)7-18(14)17-8/h2-4,7,9H,5-6H2,1H3/t9-/m0/s1. The number of carbonyl (C=O) groups excluding carboxylic acids is 1. The topological polar surface area (TPSA) is 60.1 Å². The minimum absolute atomic E-state index is 0.146. The number of fused-ring (bicyclic) bond motifs is 2. The van der Waals surface area contributed by atoms with Gasteiger partial charge in [-0.05, 0) is 24.8 Å². The number of rotatable bonds is 1. The molecule has 1 aliphatic rings. The molecular weight excluding hydrogens is 272 g/mol. The van der Waals surface area contributed by atoms with E-state index in [-0.39, 0.29) is 11.7 Å². The lowest BCUT2D eigenvalue weighted by atomic mass is 9.86. The van der Waals surface area contributed by atoms with Crippen molar-refractivity contribution in [1.82, 2.24) is 19.6 Å². The molecule has 3 heterocycles. The van der Waals surface area contributed by atoms with Crippen LogP contribution in [0.2, 0.25) is 0 Å².